The molecule has 19 heavy (non-hydrogen) atoms. The normalized spacial score (nSPS) is 12.8. The van der Waals surface area contributed by atoms with Crippen molar-refractivity contribution in [2.24, 2.45) is 7.05 Å². The number of rotatable bonds is 4. The first-order valence-corrected chi connectivity index (χ1v) is 5.87. The molecule has 0 fully saturated rings. The first-order valence-electron chi connectivity index (χ1n) is 5.87. The second kappa shape index (κ2) is 5.73. The number of amides is 1. The minimum absolute atomic E-state index is 0.231. The number of alkyl carbamates (subject to hydrolysis) is 1. The van der Waals surface area contributed by atoms with E-state index in [9.17, 15) is 9.59 Å². The average molecular weight is 269 g/mol. The van der Waals surface area contributed by atoms with Crippen molar-refractivity contribution in [3.05, 3.63) is 18.0 Å². The van der Waals surface area contributed by atoms with Crippen molar-refractivity contribution in [3.8, 4) is 0 Å². The van der Waals surface area contributed by atoms with Crippen LogP contribution in [0, 0.1) is 0 Å². The van der Waals surface area contributed by atoms with E-state index in [1.165, 1.54) is 6.20 Å². The fourth-order valence-electron chi connectivity index (χ4n) is 1.50. The number of aliphatic carboxylic acids is 1. The van der Waals surface area contributed by atoms with E-state index in [1.54, 1.807) is 38.7 Å². The van der Waals surface area contributed by atoms with Gasteiger partial charge in [0.05, 0.1) is 18.7 Å². The summed E-state index contributed by atoms with van der Waals surface area (Å²) in [6.45, 7) is 5.22. The Balaban J connectivity index is 2.76. The van der Waals surface area contributed by atoms with E-state index in [0.29, 0.717) is 5.56 Å². The van der Waals surface area contributed by atoms with Crippen LogP contribution in [0.15, 0.2) is 12.4 Å². The lowest BCUT2D eigenvalue weighted by Crippen LogP contribution is -2.35. The Morgan fingerprint density at radius 3 is 2.58 bits per heavy atom. The van der Waals surface area contributed by atoms with E-state index < -0.39 is 23.7 Å². The average Bonchev–Trinajstić information content (AvgIpc) is 2.60. The molecule has 1 amide bonds. The van der Waals surface area contributed by atoms with Crippen LogP contribution in [0.25, 0.3) is 0 Å². The third kappa shape index (κ3) is 5.41. The van der Waals surface area contributed by atoms with Gasteiger partial charge in [-0.25, -0.2) is 4.79 Å². The van der Waals surface area contributed by atoms with Crippen molar-refractivity contribution in [3.63, 3.8) is 0 Å². The molecule has 7 heteroatoms. The minimum atomic E-state index is -1.01. The summed E-state index contributed by atoms with van der Waals surface area (Å²) in [5.74, 6) is -1.01. The molecule has 0 aliphatic carbocycles. The highest BCUT2D eigenvalue weighted by molar-refractivity contribution is 5.72. The molecule has 7 nitrogen and oxygen atoms in total. The molecule has 1 aromatic heterocycles. The third-order valence-electron chi connectivity index (χ3n) is 2.20. The number of aryl methyl sites for hydroxylation is 1. The number of hydrogen-bond acceptors (Lipinski definition) is 4. The van der Waals surface area contributed by atoms with E-state index in [4.69, 9.17) is 9.84 Å². The first-order chi connectivity index (χ1) is 8.67. The number of carbonyl (C=O) groups excluding carboxylic acids is 1. The van der Waals surface area contributed by atoms with Gasteiger partial charge < -0.3 is 15.2 Å². The highest BCUT2D eigenvalue weighted by Crippen LogP contribution is 2.17. The van der Waals surface area contributed by atoms with Crippen LogP contribution in [0.5, 0.6) is 0 Å². The quantitative estimate of drug-likeness (QED) is 0.863. The highest BCUT2D eigenvalue weighted by atomic mass is 16.6. The molecule has 0 bridgehead atoms. The standard InChI is InChI=1S/C12H19N3O4/c1-12(2,3)19-11(18)14-9(5-10(16)17)8-6-13-15(4)7-8/h6-7,9H,5H2,1-4H3,(H,14,18)(H,16,17)/t9-/m0/s1. The van der Waals surface area contributed by atoms with Crippen molar-refractivity contribution in [2.75, 3.05) is 0 Å². The number of aromatic nitrogens is 2. The maximum atomic E-state index is 11.7. The fraction of sp³-hybridized carbons (Fsp3) is 0.583. The molecule has 1 rings (SSSR count). The van der Waals surface area contributed by atoms with E-state index in [0.717, 1.165) is 0 Å². The zero-order valence-electron chi connectivity index (χ0n) is 11.5. The summed E-state index contributed by atoms with van der Waals surface area (Å²) in [6.07, 6.45) is 2.29. The van der Waals surface area contributed by atoms with Crippen LogP contribution in [0.3, 0.4) is 0 Å². The Morgan fingerprint density at radius 1 is 1.53 bits per heavy atom. The number of carboxylic acids is 1. The van der Waals surface area contributed by atoms with Crippen LogP contribution in [-0.2, 0) is 16.6 Å². The van der Waals surface area contributed by atoms with Gasteiger partial charge in [0.15, 0.2) is 0 Å². The van der Waals surface area contributed by atoms with Crippen molar-refractivity contribution in [2.45, 2.75) is 38.8 Å². The largest absolute Gasteiger partial charge is 0.481 e. The van der Waals surface area contributed by atoms with Crippen LogP contribution in [0.2, 0.25) is 0 Å². The molecule has 0 saturated carbocycles. The van der Waals surface area contributed by atoms with Crippen LogP contribution in [0.1, 0.15) is 38.8 Å². The van der Waals surface area contributed by atoms with Gasteiger partial charge in [-0.1, -0.05) is 0 Å². The number of nitrogens with zero attached hydrogens (tertiary/aromatic N) is 2. The summed E-state index contributed by atoms with van der Waals surface area (Å²) in [5, 5.41) is 15.4. The zero-order chi connectivity index (χ0) is 14.6. The lowest BCUT2D eigenvalue weighted by atomic mass is 10.1. The first kappa shape index (κ1) is 15.0. The van der Waals surface area contributed by atoms with Crippen LogP contribution >= 0.6 is 0 Å². The summed E-state index contributed by atoms with van der Waals surface area (Å²) in [6, 6.07) is -0.666. The molecule has 0 aliphatic rings. The Hall–Kier alpha value is -2.05. The van der Waals surface area contributed by atoms with E-state index in [1.807, 2.05) is 0 Å². The van der Waals surface area contributed by atoms with Gasteiger partial charge >= 0.3 is 12.1 Å². The minimum Gasteiger partial charge on any atom is -0.481 e. The van der Waals surface area contributed by atoms with Gasteiger partial charge in [-0.15, -0.1) is 0 Å². The van der Waals surface area contributed by atoms with E-state index >= 15 is 0 Å². The molecule has 0 aliphatic heterocycles. The molecule has 106 valence electrons. The van der Waals surface area contributed by atoms with Crippen molar-refractivity contribution < 1.29 is 19.4 Å². The summed E-state index contributed by atoms with van der Waals surface area (Å²) in [5.41, 5.74) is -0.0111. The lowest BCUT2D eigenvalue weighted by Gasteiger charge is -2.22. The Kier molecular flexibility index (Phi) is 4.52. The Bertz CT molecular complexity index is 462. The van der Waals surface area contributed by atoms with Gasteiger partial charge in [0, 0.05) is 18.8 Å². The van der Waals surface area contributed by atoms with Gasteiger partial charge in [0.1, 0.15) is 5.60 Å². The number of hydrogen-bond donors (Lipinski definition) is 2. The SMILES string of the molecule is Cn1cc([C@H](CC(=O)O)NC(=O)OC(C)(C)C)cn1. The zero-order valence-corrected chi connectivity index (χ0v) is 11.5. The molecular weight excluding hydrogens is 250 g/mol. The topological polar surface area (TPSA) is 93.5 Å². The van der Waals surface area contributed by atoms with E-state index in [2.05, 4.69) is 10.4 Å². The smallest absolute Gasteiger partial charge is 0.408 e. The monoisotopic (exact) mass is 269 g/mol. The predicted octanol–water partition coefficient (Wildman–Crippen LogP) is 1.46. The molecule has 0 aromatic carbocycles. The molecule has 1 aromatic rings. The van der Waals surface area contributed by atoms with Crippen LogP contribution < -0.4 is 5.32 Å². The molecular formula is C12H19N3O4. The predicted molar refractivity (Wildman–Crippen MR) is 67.6 cm³/mol. The van der Waals surface area contributed by atoms with Gasteiger partial charge in [0.25, 0.3) is 0 Å². The van der Waals surface area contributed by atoms with E-state index in [-0.39, 0.29) is 6.42 Å². The molecule has 1 atom stereocenters. The fourth-order valence-corrected chi connectivity index (χ4v) is 1.50. The Labute approximate surface area is 111 Å². The summed E-state index contributed by atoms with van der Waals surface area (Å²) in [7, 11) is 1.72. The molecule has 2 N–H and O–H groups in total. The van der Waals surface area contributed by atoms with Crippen LogP contribution in [-0.4, -0.2) is 32.6 Å². The van der Waals surface area contributed by atoms with Gasteiger partial charge in [-0.3, -0.25) is 9.48 Å². The number of nitrogens with one attached hydrogen (secondary N) is 1. The summed E-state index contributed by atoms with van der Waals surface area (Å²) in [4.78, 5) is 22.5. The third-order valence-corrected chi connectivity index (χ3v) is 2.20. The molecule has 0 spiro atoms. The molecule has 0 saturated heterocycles. The lowest BCUT2D eigenvalue weighted by molar-refractivity contribution is -0.137. The van der Waals surface area contributed by atoms with Gasteiger partial charge in [0.2, 0.25) is 0 Å². The van der Waals surface area contributed by atoms with Gasteiger partial charge in [-0.2, -0.15) is 5.10 Å². The highest BCUT2D eigenvalue weighted by Gasteiger charge is 2.23. The van der Waals surface area contributed by atoms with Crippen LogP contribution in [0.4, 0.5) is 4.79 Å². The maximum Gasteiger partial charge on any atom is 0.408 e. The second-order valence-electron chi connectivity index (χ2n) is 5.24. The maximum absolute atomic E-state index is 11.7. The molecule has 0 radical (unpaired) electrons. The second-order valence-corrected chi connectivity index (χ2v) is 5.24. The Morgan fingerprint density at radius 2 is 2.16 bits per heavy atom. The van der Waals surface area contributed by atoms with Crippen molar-refractivity contribution >= 4 is 12.1 Å². The number of carbonyl (C=O) groups is 2. The molecule has 0 unspecified atom stereocenters. The van der Waals surface area contributed by atoms with Crippen molar-refractivity contribution in [1.82, 2.24) is 15.1 Å². The van der Waals surface area contributed by atoms with Gasteiger partial charge in [-0.05, 0) is 20.8 Å². The summed E-state index contributed by atoms with van der Waals surface area (Å²) >= 11 is 0. The summed E-state index contributed by atoms with van der Waals surface area (Å²) < 4.78 is 6.65. The van der Waals surface area contributed by atoms with Crippen molar-refractivity contribution in [1.29, 1.82) is 0 Å². The number of carboxylic acid groups (broad SMARTS) is 1. The number of ether oxygens (including phenoxy) is 1. The molecule has 1 heterocycles.